The molecule has 0 radical (unpaired) electrons. The summed E-state index contributed by atoms with van der Waals surface area (Å²) in [6, 6.07) is 13.9. The molecule has 1 aliphatic heterocycles. The van der Waals surface area contributed by atoms with Crippen LogP contribution in [-0.4, -0.2) is 54.0 Å². The van der Waals surface area contributed by atoms with Crippen molar-refractivity contribution in [1.82, 2.24) is 20.4 Å². The average Bonchev–Trinajstić information content (AvgIpc) is 3.42. The Hall–Kier alpha value is -3.66. The molecule has 0 spiro atoms. The molecule has 160 valence electrons. The molecule has 2 N–H and O–H groups in total. The summed E-state index contributed by atoms with van der Waals surface area (Å²) in [5.74, 6) is 0.960. The van der Waals surface area contributed by atoms with Crippen LogP contribution in [0, 0.1) is 0 Å². The van der Waals surface area contributed by atoms with Gasteiger partial charge in [0.25, 0.3) is 0 Å². The molecule has 1 unspecified atom stereocenters. The summed E-state index contributed by atoms with van der Waals surface area (Å²) < 4.78 is 10.7. The predicted molar refractivity (Wildman–Crippen MR) is 116 cm³/mol. The average molecular weight is 439 g/mol. The number of hydrogen-bond acceptors (Lipinski definition) is 7. The van der Waals surface area contributed by atoms with Crippen LogP contribution in [0.2, 0.25) is 0 Å². The Morgan fingerprint density at radius 1 is 1.10 bits per heavy atom. The standard InChI is InChI=1S/C21H21N5O4S/c1-26(2)21(28)22-15(10-13-6-4-3-5-7-13)18(27)23-20-25-24-19(31-20)14-8-9-16-17(11-14)30-12-29-16/h3-9,11,15H,10,12H2,1-2H3,(H,22,28)(H,23,25,27). The van der Waals surface area contributed by atoms with E-state index in [0.717, 1.165) is 11.1 Å². The number of fused-ring (bicyclic) bond motifs is 1. The number of rotatable bonds is 6. The highest BCUT2D eigenvalue weighted by molar-refractivity contribution is 7.18. The molecule has 1 aromatic heterocycles. The molecule has 3 aromatic rings. The fourth-order valence-electron chi connectivity index (χ4n) is 2.95. The van der Waals surface area contributed by atoms with Crippen molar-refractivity contribution in [2.24, 2.45) is 0 Å². The van der Waals surface area contributed by atoms with E-state index in [1.54, 1.807) is 14.1 Å². The van der Waals surface area contributed by atoms with Gasteiger partial charge in [-0.3, -0.25) is 10.1 Å². The summed E-state index contributed by atoms with van der Waals surface area (Å²) in [6.45, 7) is 0.192. The third kappa shape index (κ3) is 4.92. The van der Waals surface area contributed by atoms with Gasteiger partial charge in [-0.15, -0.1) is 10.2 Å². The van der Waals surface area contributed by atoms with Gasteiger partial charge in [0, 0.05) is 26.1 Å². The highest BCUT2D eigenvalue weighted by atomic mass is 32.1. The van der Waals surface area contributed by atoms with E-state index in [0.29, 0.717) is 28.1 Å². The summed E-state index contributed by atoms with van der Waals surface area (Å²) in [6.07, 6.45) is 0.347. The number of nitrogens with zero attached hydrogens (tertiary/aromatic N) is 3. The van der Waals surface area contributed by atoms with E-state index in [4.69, 9.17) is 9.47 Å². The maximum Gasteiger partial charge on any atom is 0.317 e. The Bertz CT molecular complexity index is 1090. The second-order valence-corrected chi connectivity index (χ2v) is 8.03. The van der Waals surface area contributed by atoms with Crippen LogP contribution in [0.3, 0.4) is 0 Å². The molecule has 0 fully saturated rings. The second kappa shape index (κ2) is 9.00. The van der Waals surface area contributed by atoms with E-state index in [1.807, 2.05) is 48.5 Å². The van der Waals surface area contributed by atoms with E-state index in [-0.39, 0.29) is 18.7 Å². The highest BCUT2D eigenvalue weighted by Gasteiger charge is 2.24. The van der Waals surface area contributed by atoms with Gasteiger partial charge < -0.3 is 19.7 Å². The molecule has 2 aromatic carbocycles. The maximum absolute atomic E-state index is 12.9. The summed E-state index contributed by atoms with van der Waals surface area (Å²) >= 11 is 1.23. The Labute approximate surface area is 183 Å². The molecule has 0 saturated carbocycles. The normalized spacial score (nSPS) is 12.8. The quantitative estimate of drug-likeness (QED) is 0.612. The Morgan fingerprint density at radius 2 is 1.87 bits per heavy atom. The lowest BCUT2D eigenvalue weighted by atomic mass is 10.1. The number of aromatic nitrogens is 2. The molecule has 3 amide bonds. The summed E-state index contributed by atoms with van der Waals surface area (Å²) in [5.41, 5.74) is 1.74. The topological polar surface area (TPSA) is 106 Å². The number of carbonyl (C=O) groups excluding carboxylic acids is 2. The smallest absolute Gasteiger partial charge is 0.317 e. The molecule has 1 aliphatic rings. The van der Waals surface area contributed by atoms with Crippen molar-refractivity contribution in [2.75, 3.05) is 26.2 Å². The number of urea groups is 1. The third-order valence-electron chi connectivity index (χ3n) is 4.58. The molecule has 0 saturated heterocycles. The van der Waals surface area contributed by atoms with Crippen LogP contribution in [0.15, 0.2) is 48.5 Å². The van der Waals surface area contributed by atoms with Gasteiger partial charge in [-0.05, 0) is 23.8 Å². The maximum atomic E-state index is 12.9. The summed E-state index contributed by atoms with van der Waals surface area (Å²) in [4.78, 5) is 26.5. The third-order valence-corrected chi connectivity index (χ3v) is 5.47. The van der Waals surface area contributed by atoms with Crippen molar-refractivity contribution < 1.29 is 19.1 Å². The predicted octanol–water partition coefficient (Wildman–Crippen LogP) is 2.75. The van der Waals surface area contributed by atoms with Crippen LogP contribution < -0.4 is 20.1 Å². The SMILES string of the molecule is CN(C)C(=O)NC(Cc1ccccc1)C(=O)Nc1nnc(-c2ccc3c(c2)OCO3)s1. The van der Waals surface area contributed by atoms with Crippen molar-refractivity contribution in [1.29, 1.82) is 0 Å². The number of amides is 3. The van der Waals surface area contributed by atoms with Gasteiger partial charge in [0.05, 0.1) is 0 Å². The van der Waals surface area contributed by atoms with Gasteiger partial charge in [0.15, 0.2) is 11.5 Å². The molecule has 0 aliphatic carbocycles. The Morgan fingerprint density at radius 3 is 2.65 bits per heavy atom. The Balaban J connectivity index is 1.48. The van der Waals surface area contributed by atoms with Gasteiger partial charge in [0.2, 0.25) is 17.8 Å². The minimum absolute atomic E-state index is 0.192. The summed E-state index contributed by atoms with van der Waals surface area (Å²) in [7, 11) is 3.24. The second-order valence-electron chi connectivity index (χ2n) is 7.06. The fourth-order valence-corrected chi connectivity index (χ4v) is 3.69. The lowest BCUT2D eigenvalue weighted by molar-refractivity contribution is -0.117. The zero-order valence-electron chi connectivity index (χ0n) is 17.0. The van der Waals surface area contributed by atoms with Crippen LogP contribution >= 0.6 is 11.3 Å². The number of anilines is 1. The molecule has 1 atom stereocenters. The van der Waals surface area contributed by atoms with Crippen LogP contribution in [0.4, 0.5) is 9.93 Å². The van der Waals surface area contributed by atoms with Gasteiger partial charge >= 0.3 is 6.03 Å². The number of carbonyl (C=O) groups is 2. The van der Waals surface area contributed by atoms with E-state index in [1.165, 1.54) is 16.2 Å². The molecule has 10 heteroatoms. The first kappa shape index (κ1) is 20.6. The minimum atomic E-state index is -0.768. The lowest BCUT2D eigenvalue weighted by Crippen LogP contribution is -2.48. The fraction of sp³-hybridized carbons (Fsp3) is 0.238. The zero-order chi connectivity index (χ0) is 21.8. The van der Waals surface area contributed by atoms with Crippen LogP contribution in [0.1, 0.15) is 5.56 Å². The zero-order valence-corrected chi connectivity index (χ0v) is 17.8. The van der Waals surface area contributed by atoms with Crippen molar-refractivity contribution in [3.63, 3.8) is 0 Å². The van der Waals surface area contributed by atoms with E-state index < -0.39 is 6.04 Å². The summed E-state index contributed by atoms with van der Waals surface area (Å²) in [5, 5.41) is 14.7. The molecule has 2 heterocycles. The highest BCUT2D eigenvalue weighted by Crippen LogP contribution is 2.37. The molecule has 4 rings (SSSR count). The van der Waals surface area contributed by atoms with Gasteiger partial charge in [0.1, 0.15) is 11.0 Å². The first-order chi connectivity index (χ1) is 15.0. The van der Waals surface area contributed by atoms with Crippen molar-refractivity contribution in [3.05, 3.63) is 54.1 Å². The first-order valence-electron chi connectivity index (χ1n) is 9.56. The monoisotopic (exact) mass is 439 g/mol. The van der Waals surface area contributed by atoms with Gasteiger partial charge in [-0.25, -0.2) is 4.79 Å². The molecule has 31 heavy (non-hydrogen) atoms. The number of nitrogens with one attached hydrogen (secondary N) is 2. The number of benzene rings is 2. The van der Waals surface area contributed by atoms with Crippen LogP contribution in [-0.2, 0) is 11.2 Å². The van der Waals surface area contributed by atoms with Crippen molar-refractivity contribution in [2.45, 2.75) is 12.5 Å². The number of hydrogen-bond donors (Lipinski definition) is 2. The molecular weight excluding hydrogens is 418 g/mol. The largest absolute Gasteiger partial charge is 0.454 e. The van der Waals surface area contributed by atoms with E-state index in [2.05, 4.69) is 20.8 Å². The van der Waals surface area contributed by atoms with E-state index in [9.17, 15) is 9.59 Å². The van der Waals surface area contributed by atoms with Crippen molar-refractivity contribution >= 4 is 28.4 Å². The first-order valence-corrected chi connectivity index (χ1v) is 10.4. The van der Waals surface area contributed by atoms with Gasteiger partial charge in [-0.1, -0.05) is 41.7 Å². The molecular formula is C21H21N5O4S. The molecule has 0 bridgehead atoms. The number of ether oxygens (including phenoxy) is 2. The van der Waals surface area contributed by atoms with Crippen LogP contribution in [0.5, 0.6) is 11.5 Å². The minimum Gasteiger partial charge on any atom is -0.454 e. The van der Waals surface area contributed by atoms with Crippen molar-refractivity contribution in [3.8, 4) is 22.1 Å². The lowest BCUT2D eigenvalue weighted by Gasteiger charge is -2.20. The Kier molecular flexibility index (Phi) is 5.99. The van der Waals surface area contributed by atoms with Gasteiger partial charge in [-0.2, -0.15) is 0 Å². The molecule has 9 nitrogen and oxygen atoms in total. The van der Waals surface area contributed by atoms with E-state index >= 15 is 0 Å². The van der Waals surface area contributed by atoms with Crippen LogP contribution in [0.25, 0.3) is 10.6 Å².